The lowest BCUT2D eigenvalue weighted by Gasteiger charge is -2.18. The topological polar surface area (TPSA) is 54.5 Å². The molecule has 5 heteroatoms. The number of para-hydroxylation sites is 1. The number of benzene rings is 2. The molecule has 0 bridgehead atoms. The van der Waals surface area contributed by atoms with Crippen molar-refractivity contribution in [1.82, 2.24) is 9.88 Å². The summed E-state index contributed by atoms with van der Waals surface area (Å²) in [7, 11) is 1.78. The van der Waals surface area contributed by atoms with Gasteiger partial charge in [0.05, 0.1) is 6.54 Å². The van der Waals surface area contributed by atoms with E-state index in [-0.39, 0.29) is 5.91 Å². The third kappa shape index (κ3) is 4.83. The summed E-state index contributed by atoms with van der Waals surface area (Å²) < 4.78 is 5.65. The molecular formula is C21H21N3O2. The first kappa shape index (κ1) is 17.5. The van der Waals surface area contributed by atoms with Crippen LogP contribution in [-0.4, -0.2) is 36.0 Å². The molecule has 2 aromatic carbocycles. The average Bonchev–Trinajstić information content (AvgIpc) is 2.69. The minimum Gasteiger partial charge on any atom is -0.492 e. The van der Waals surface area contributed by atoms with Crippen LogP contribution in [0, 0.1) is 0 Å². The van der Waals surface area contributed by atoms with E-state index in [4.69, 9.17) is 4.74 Å². The molecule has 1 aromatic heterocycles. The van der Waals surface area contributed by atoms with Gasteiger partial charge in [-0.1, -0.05) is 24.3 Å². The molecule has 5 nitrogen and oxygen atoms in total. The van der Waals surface area contributed by atoms with Gasteiger partial charge in [-0.3, -0.25) is 9.78 Å². The Morgan fingerprint density at radius 2 is 1.77 bits per heavy atom. The molecule has 1 N–H and O–H groups in total. The normalized spacial score (nSPS) is 10.2. The first-order valence-corrected chi connectivity index (χ1v) is 8.43. The fourth-order valence-corrected chi connectivity index (χ4v) is 2.47. The summed E-state index contributed by atoms with van der Waals surface area (Å²) in [5.41, 5.74) is 2.41. The second-order valence-electron chi connectivity index (χ2n) is 5.83. The van der Waals surface area contributed by atoms with E-state index in [1.165, 1.54) is 0 Å². The van der Waals surface area contributed by atoms with E-state index < -0.39 is 0 Å². The number of nitrogens with one attached hydrogen (secondary N) is 1. The van der Waals surface area contributed by atoms with Crippen molar-refractivity contribution in [1.29, 1.82) is 0 Å². The summed E-state index contributed by atoms with van der Waals surface area (Å²) in [5.74, 6) is 0.761. The van der Waals surface area contributed by atoms with Crippen LogP contribution in [0.1, 0.15) is 10.4 Å². The van der Waals surface area contributed by atoms with E-state index in [9.17, 15) is 4.79 Å². The number of nitrogens with zero attached hydrogens (tertiary/aromatic N) is 2. The van der Waals surface area contributed by atoms with Gasteiger partial charge in [-0.05, 0) is 42.5 Å². The lowest BCUT2D eigenvalue weighted by atomic mass is 10.1. The number of amides is 1. The van der Waals surface area contributed by atoms with Gasteiger partial charge in [0, 0.05) is 36.4 Å². The lowest BCUT2D eigenvalue weighted by molar-refractivity contribution is 0.0774. The molecule has 0 aliphatic heterocycles. The predicted molar refractivity (Wildman–Crippen MR) is 103 cm³/mol. The van der Waals surface area contributed by atoms with Gasteiger partial charge in [0.25, 0.3) is 5.91 Å². The highest BCUT2D eigenvalue weighted by molar-refractivity contribution is 5.95. The van der Waals surface area contributed by atoms with Gasteiger partial charge in [-0.15, -0.1) is 0 Å². The molecule has 3 aromatic rings. The molecule has 0 saturated heterocycles. The van der Waals surface area contributed by atoms with Crippen LogP contribution in [0.4, 0.5) is 11.4 Å². The summed E-state index contributed by atoms with van der Waals surface area (Å²) in [5, 5.41) is 3.27. The second-order valence-corrected chi connectivity index (χ2v) is 5.83. The Kier molecular flexibility index (Phi) is 5.83. The number of ether oxygens (including phenoxy) is 1. The minimum absolute atomic E-state index is 0.0416. The van der Waals surface area contributed by atoms with E-state index in [1.807, 2.05) is 66.7 Å². The Hall–Kier alpha value is -3.34. The Morgan fingerprint density at radius 3 is 2.54 bits per heavy atom. The number of carbonyl (C=O) groups is 1. The number of anilines is 2. The first-order chi connectivity index (χ1) is 12.7. The average molecular weight is 347 g/mol. The number of hydrogen-bond donors (Lipinski definition) is 1. The number of aromatic nitrogens is 1. The van der Waals surface area contributed by atoms with Crippen molar-refractivity contribution in [3.05, 3.63) is 84.7 Å². The molecular weight excluding hydrogens is 326 g/mol. The van der Waals surface area contributed by atoms with Gasteiger partial charge >= 0.3 is 0 Å². The number of carbonyl (C=O) groups excluding carboxylic acids is 1. The van der Waals surface area contributed by atoms with Crippen LogP contribution in [0.2, 0.25) is 0 Å². The zero-order chi connectivity index (χ0) is 18.2. The van der Waals surface area contributed by atoms with Crippen LogP contribution in [0.5, 0.6) is 5.75 Å². The SMILES string of the molecule is CN(CCOc1ccccc1)C(=O)c1cccc(Nc2ccncc2)c1. The van der Waals surface area contributed by atoms with E-state index in [0.29, 0.717) is 18.7 Å². The molecule has 26 heavy (non-hydrogen) atoms. The number of likely N-dealkylation sites (N-methyl/N-ethyl adjacent to an activating group) is 1. The first-order valence-electron chi connectivity index (χ1n) is 8.43. The van der Waals surface area contributed by atoms with E-state index in [2.05, 4.69) is 10.3 Å². The Bertz CT molecular complexity index is 838. The van der Waals surface area contributed by atoms with Crippen molar-refractivity contribution in [2.75, 3.05) is 25.5 Å². The summed E-state index contributed by atoms with van der Waals surface area (Å²) in [4.78, 5) is 18.3. The van der Waals surface area contributed by atoms with E-state index in [0.717, 1.165) is 17.1 Å². The predicted octanol–water partition coefficient (Wildman–Crippen LogP) is 3.98. The van der Waals surface area contributed by atoms with E-state index in [1.54, 1.807) is 24.3 Å². The molecule has 132 valence electrons. The highest BCUT2D eigenvalue weighted by atomic mass is 16.5. The highest BCUT2D eigenvalue weighted by Crippen LogP contribution is 2.17. The largest absolute Gasteiger partial charge is 0.492 e. The molecule has 0 aliphatic carbocycles. The van der Waals surface area contributed by atoms with E-state index >= 15 is 0 Å². The fourth-order valence-electron chi connectivity index (χ4n) is 2.47. The maximum Gasteiger partial charge on any atom is 0.253 e. The van der Waals surface area contributed by atoms with Crippen molar-refractivity contribution >= 4 is 17.3 Å². The number of pyridine rings is 1. The van der Waals surface area contributed by atoms with Crippen LogP contribution in [0.25, 0.3) is 0 Å². The smallest absolute Gasteiger partial charge is 0.253 e. The summed E-state index contributed by atoms with van der Waals surface area (Å²) in [6.45, 7) is 0.955. The van der Waals surface area contributed by atoms with Gasteiger partial charge in [0.2, 0.25) is 0 Å². The zero-order valence-electron chi connectivity index (χ0n) is 14.6. The Labute approximate surface area is 153 Å². The molecule has 0 spiro atoms. The number of hydrogen-bond acceptors (Lipinski definition) is 4. The van der Waals surface area contributed by atoms with Crippen molar-refractivity contribution in [2.45, 2.75) is 0 Å². The summed E-state index contributed by atoms with van der Waals surface area (Å²) >= 11 is 0. The molecule has 0 fully saturated rings. The Balaban J connectivity index is 1.57. The quantitative estimate of drug-likeness (QED) is 0.702. The number of rotatable bonds is 7. The molecule has 0 saturated carbocycles. The minimum atomic E-state index is -0.0416. The van der Waals surface area contributed by atoms with Crippen LogP contribution < -0.4 is 10.1 Å². The molecule has 0 radical (unpaired) electrons. The monoisotopic (exact) mass is 347 g/mol. The molecule has 3 rings (SSSR count). The highest BCUT2D eigenvalue weighted by Gasteiger charge is 2.12. The second kappa shape index (κ2) is 8.67. The van der Waals surface area contributed by atoms with Gasteiger partial charge < -0.3 is 15.0 Å². The van der Waals surface area contributed by atoms with Crippen molar-refractivity contribution in [3.63, 3.8) is 0 Å². The van der Waals surface area contributed by atoms with Crippen molar-refractivity contribution < 1.29 is 9.53 Å². The van der Waals surface area contributed by atoms with Crippen molar-refractivity contribution in [2.24, 2.45) is 0 Å². The maximum absolute atomic E-state index is 12.6. The van der Waals surface area contributed by atoms with Crippen LogP contribution >= 0.6 is 0 Å². The summed E-state index contributed by atoms with van der Waals surface area (Å²) in [6.07, 6.45) is 3.44. The molecule has 0 aliphatic rings. The van der Waals surface area contributed by atoms with Crippen molar-refractivity contribution in [3.8, 4) is 5.75 Å². The molecule has 1 heterocycles. The zero-order valence-corrected chi connectivity index (χ0v) is 14.6. The van der Waals surface area contributed by atoms with Crippen LogP contribution in [0.15, 0.2) is 79.1 Å². The molecule has 0 atom stereocenters. The maximum atomic E-state index is 12.6. The van der Waals surface area contributed by atoms with Gasteiger partial charge in [-0.25, -0.2) is 0 Å². The van der Waals surface area contributed by atoms with Crippen LogP contribution in [0.3, 0.4) is 0 Å². The third-order valence-corrected chi connectivity index (χ3v) is 3.86. The molecule has 0 unspecified atom stereocenters. The van der Waals surface area contributed by atoms with Gasteiger partial charge in [-0.2, -0.15) is 0 Å². The van der Waals surface area contributed by atoms with Crippen LogP contribution in [-0.2, 0) is 0 Å². The lowest BCUT2D eigenvalue weighted by Crippen LogP contribution is -2.30. The Morgan fingerprint density at radius 1 is 1.00 bits per heavy atom. The molecule has 1 amide bonds. The standard InChI is InChI=1S/C21H21N3O2/c1-24(14-15-26-20-8-3-2-4-9-20)21(25)17-6-5-7-19(16-17)23-18-10-12-22-13-11-18/h2-13,16H,14-15H2,1H3,(H,22,23). The van der Waals surface area contributed by atoms with Gasteiger partial charge in [0.15, 0.2) is 0 Å². The third-order valence-electron chi connectivity index (χ3n) is 3.86. The van der Waals surface area contributed by atoms with Gasteiger partial charge in [0.1, 0.15) is 12.4 Å². The summed E-state index contributed by atoms with van der Waals surface area (Å²) in [6, 6.07) is 20.8. The fraction of sp³-hybridized carbons (Fsp3) is 0.143.